The van der Waals surface area contributed by atoms with Gasteiger partial charge in [-0.2, -0.15) is 0 Å². The standard InChI is InChI=1S/C18H25ClN6S2/c1-2-20-17(22-8-4-11-26-18-23-9-12-27-18)24-14-6-10-25(13-14)16-15(19)5-3-7-21-16/h3,5,7,9,12,14H,2,4,6,8,10-11,13H2,1H3,(H2,20,22,24). The van der Waals surface area contributed by atoms with Gasteiger partial charge in [0.15, 0.2) is 5.96 Å². The van der Waals surface area contributed by atoms with Crippen LogP contribution in [0.1, 0.15) is 19.8 Å². The number of anilines is 1. The van der Waals surface area contributed by atoms with Crippen LogP contribution in [-0.4, -0.2) is 53.9 Å². The number of nitrogens with zero attached hydrogens (tertiary/aromatic N) is 4. The van der Waals surface area contributed by atoms with Crippen molar-refractivity contribution in [1.82, 2.24) is 20.6 Å². The summed E-state index contributed by atoms with van der Waals surface area (Å²) in [5, 5.41) is 9.61. The Morgan fingerprint density at radius 2 is 2.37 bits per heavy atom. The van der Waals surface area contributed by atoms with Crippen molar-refractivity contribution < 1.29 is 0 Å². The number of halogens is 1. The molecule has 0 spiro atoms. The molecule has 1 atom stereocenters. The predicted molar refractivity (Wildman–Crippen MR) is 116 cm³/mol. The molecule has 0 saturated carbocycles. The molecule has 0 bridgehead atoms. The summed E-state index contributed by atoms with van der Waals surface area (Å²) in [5.41, 5.74) is 0. The average Bonchev–Trinajstić information content (AvgIpc) is 3.34. The van der Waals surface area contributed by atoms with Gasteiger partial charge < -0.3 is 15.5 Å². The van der Waals surface area contributed by atoms with E-state index < -0.39 is 0 Å². The number of thioether (sulfide) groups is 1. The lowest BCUT2D eigenvalue weighted by Gasteiger charge is -2.20. The van der Waals surface area contributed by atoms with E-state index in [4.69, 9.17) is 16.6 Å². The molecule has 1 saturated heterocycles. The molecule has 1 fully saturated rings. The molecule has 3 heterocycles. The quantitative estimate of drug-likeness (QED) is 0.292. The van der Waals surface area contributed by atoms with Crippen LogP contribution in [0.5, 0.6) is 0 Å². The Bertz CT molecular complexity index is 724. The maximum atomic E-state index is 6.28. The minimum Gasteiger partial charge on any atom is -0.357 e. The Labute approximate surface area is 173 Å². The first-order valence-corrected chi connectivity index (χ1v) is 11.4. The van der Waals surface area contributed by atoms with E-state index in [-0.39, 0.29) is 0 Å². The number of aromatic nitrogens is 2. The summed E-state index contributed by atoms with van der Waals surface area (Å²) in [5.74, 6) is 2.78. The largest absolute Gasteiger partial charge is 0.357 e. The van der Waals surface area contributed by atoms with Crippen LogP contribution >= 0.6 is 34.7 Å². The van der Waals surface area contributed by atoms with E-state index >= 15 is 0 Å². The van der Waals surface area contributed by atoms with Gasteiger partial charge in [0.25, 0.3) is 0 Å². The molecule has 1 aliphatic rings. The van der Waals surface area contributed by atoms with Crippen molar-refractivity contribution in [2.45, 2.75) is 30.1 Å². The second-order valence-electron chi connectivity index (χ2n) is 6.15. The number of pyridine rings is 1. The third kappa shape index (κ3) is 6.26. The highest BCUT2D eigenvalue weighted by Gasteiger charge is 2.25. The number of rotatable bonds is 8. The van der Waals surface area contributed by atoms with Gasteiger partial charge in [0.1, 0.15) is 10.2 Å². The number of guanidine groups is 1. The first-order chi connectivity index (χ1) is 13.3. The summed E-state index contributed by atoms with van der Waals surface area (Å²) in [7, 11) is 0. The maximum absolute atomic E-state index is 6.28. The highest BCUT2D eigenvalue weighted by Crippen LogP contribution is 2.25. The summed E-state index contributed by atoms with van der Waals surface area (Å²) in [4.78, 5) is 15.6. The van der Waals surface area contributed by atoms with Crippen molar-refractivity contribution in [3.63, 3.8) is 0 Å². The molecular formula is C18H25ClN6S2. The Morgan fingerprint density at radius 1 is 1.44 bits per heavy atom. The Balaban J connectivity index is 1.45. The second-order valence-corrected chi connectivity index (χ2v) is 8.79. The van der Waals surface area contributed by atoms with Crippen molar-refractivity contribution in [3.8, 4) is 0 Å². The number of aliphatic imine (C=N–C) groups is 1. The molecular weight excluding hydrogens is 400 g/mol. The third-order valence-electron chi connectivity index (χ3n) is 4.12. The molecule has 146 valence electrons. The summed E-state index contributed by atoms with van der Waals surface area (Å²) >= 11 is 9.76. The highest BCUT2D eigenvalue weighted by molar-refractivity contribution is 8.00. The van der Waals surface area contributed by atoms with Crippen LogP contribution in [0.4, 0.5) is 5.82 Å². The minimum absolute atomic E-state index is 0.338. The maximum Gasteiger partial charge on any atom is 0.191 e. The molecule has 9 heteroatoms. The van der Waals surface area contributed by atoms with Gasteiger partial charge in [-0.3, -0.25) is 4.99 Å². The van der Waals surface area contributed by atoms with E-state index in [0.717, 1.165) is 60.9 Å². The van der Waals surface area contributed by atoms with Crippen LogP contribution in [0.2, 0.25) is 5.02 Å². The van der Waals surface area contributed by atoms with Crippen molar-refractivity contribution in [2.75, 3.05) is 36.8 Å². The Morgan fingerprint density at radius 3 is 3.15 bits per heavy atom. The molecule has 2 N–H and O–H groups in total. The molecule has 27 heavy (non-hydrogen) atoms. The Kier molecular flexibility index (Phi) is 8.04. The molecule has 0 radical (unpaired) electrons. The molecule has 2 aromatic rings. The molecule has 0 aliphatic carbocycles. The van der Waals surface area contributed by atoms with E-state index in [1.807, 2.05) is 23.7 Å². The summed E-state index contributed by atoms with van der Waals surface area (Å²) < 4.78 is 1.13. The van der Waals surface area contributed by atoms with E-state index in [0.29, 0.717) is 11.1 Å². The average molecular weight is 425 g/mol. The zero-order valence-electron chi connectivity index (χ0n) is 15.4. The van der Waals surface area contributed by atoms with Crippen molar-refractivity contribution in [2.24, 2.45) is 4.99 Å². The van der Waals surface area contributed by atoms with E-state index in [1.165, 1.54) is 0 Å². The normalized spacial score (nSPS) is 17.3. The SMILES string of the molecule is CCNC(=NCCCSc1nccs1)NC1CCN(c2ncccc2Cl)C1. The van der Waals surface area contributed by atoms with Gasteiger partial charge in [-0.15, -0.1) is 11.3 Å². The Hall–Kier alpha value is -1.51. The van der Waals surface area contributed by atoms with E-state index in [2.05, 4.69) is 32.4 Å². The van der Waals surface area contributed by atoms with Gasteiger partial charge in [-0.25, -0.2) is 9.97 Å². The fraction of sp³-hybridized carbons (Fsp3) is 0.500. The number of nitrogens with one attached hydrogen (secondary N) is 2. The van der Waals surface area contributed by atoms with Crippen LogP contribution in [0, 0.1) is 0 Å². The molecule has 2 aromatic heterocycles. The van der Waals surface area contributed by atoms with Gasteiger partial charge in [-0.05, 0) is 31.9 Å². The molecule has 3 rings (SSSR count). The first-order valence-electron chi connectivity index (χ1n) is 9.19. The fourth-order valence-corrected chi connectivity index (χ4v) is 4.76. The van der Waals surface area contributed by atoms with Gasteiger partial charge in [-0.1, -0.05) is 23.4 Å². The fourth-order valence-electron chi connectivity index (χ4n) is 2.89. The zero-order valence-corrected chi connectivity index (χ0v) is 17.8. The van der Waals surface area contributed by atoms with Crippen molar-refractivity contribution in [1.29, 1.82) is 0 Å². The van der Waals surface area contributed by atoms with E-state index in [1.54, 1.807) is 29.3 Å². The third-order valence-corrected chi connectivity index (χ3v) is 6.47. The zero-order chi connectivity index (χ0) is 18.9. The van der Waals surface area contributed by atoms with Crippen molar-refractivity contribution in [3.05, 3.63) is 34.9 Å². The lowest BCUT2D eigenvalue weighted by molar-refractivity contribution is 0.648. The molecule has 0 amide bonds. The number of hydrogen-bond donors (Lipinski definition) is 2. The number of hydrogen-bond acceptors (Lipinski definition) is 6. The van der Waals surface area contributed by atoms with Gasteiger partial charge >= 0.3 is 0 Å². The van der Waals surface area contributed by atoms with Crippen LogP contribution in [0.25, 0.3) is 0 Å². The summed E-state index contributed by atoms with van der Waals surface area (Å²) in [6.07, 6.45) is 5.71. The summed E-state index contributed by atoms with van der Waals surface area (Å²) in [6, 6.07) is 4.09. The smallest absolute Gasteiger partial charge is 0.191 e. The topological polar surface area (TPSA) is 65.4 Å². The summed E-state index contributed by atoms with van der Waals surface area (Å²) in [6.45, 7) is 5.56. The van der Waals surface area contributed by atoms with Crippen LogP contribution in [0.3, 0.4) is 0 Å². The van der Waals surface area contributed by atoms with Gasteiger partial charge in [0.05, 0.1) is 5.02 Å². The molecule has 1 unspecified atom stereocenters. The van der Waals surface area contributed by atoms with E-state index in [9.17, 15) is 0 Å². The lowest BCUT2D eigenvalue weighted by atomic mass is 10.3. The molecule has 0 aromatic carbocycles. The molecule has 6 nitrogen and oxygen atoms in total. The van der Waals surface area contributed by atoms with Gasteiger partial charge in [0, 0.05) is 55.7 Å². The van der Waals surface area contributed by atoms with Crippen LogP contribution < -0.4 is 15.5 Å². The van der Waals surface area contributed by atoms with Crippen LogP contribution in [-0.2, 0) is 0 Å². The lowest BCUT2D eigenvalue weighted by Crippen LogP contribution is -2.44. The second kappa shape index (κ2) is 10.7. The highest BCUT2D eigenvalue weighted by atomic mass is 35.5. The van der Waals surface area contributed by atoms with Crippen LogP contribution in [0.15, 0.2) is 39.2 Å². The monoisotopic (exact) mass is 424 g/mol. The minimum atomic E-state index is 0.338. The number of thiazole rings is 1. The van der Waals surface area contributed by atoms with Gasteiger partial charge in [0.2, 0.25) is 0 Å². The first kappa shape index (κ1) is 20.2. The van der Waals surface area contributed by atoms with Crippen molar-refractivity contribution >= 4 is 46.5 Å². The predicted octanol–water partition coefficient (Wildman–Crippen LogP) is 3.51. The molecule has 1 aliphatic heterocycles.